The van der Waals surface area contributed by atoms with Crippen molar-refractivity contribution in [2.45, 2.75) is 18.6 Å². The van der Waals surface area contributed by atoms with Gasteiger partial charge in [0.05, 0.1) is 38.3 Å². The van der Waals surface area contributed by atoms with E-state index in [0.717, 1.165) is 0 Å². The van der Waals surface area contributed by atoms with Crippen molar-refractivity contribution in [2.24, 2.45) is 11.7 Å². The van der Waals surface area contributed by atoms with Crippen molar-refractivity contribution in [1.82, 2.24) is 4.90 Å². The highest BCUT2D eigenvalue weighted by molar-refractivity contribution is 5.80. The number of carboxylic acid groups (broad SMARTS) is 1. The van der Waals surface area contributed by atoms with E-state index in [9.17, 15) is 9.59 Å². The lowest BCUT2D eigenvalue weighted by atomic mass is 10.0. The number of morpholine rings is 1. The van der Waals surface area contributed by atoms with Crippen LogP contribution >= 0.6 is 0 Å². The molecule has 7 heteroatoms. The van der Waals surface area contributed by atoms with Gasteiger partial charge < -0.3 is 25.2 Å². The second kappa shape index (κ2) is 5.64. The maximum Gasteiger partial charge on any atom is 0.306 e. The SMILES string of the molecule is NC1COCC1C(=O)N1CCOC(CC(=O)O)C1. The zero-order valence-corrected chi connectivity index (χ0v) is 10.1. The summed E-state index contributed by atoms with van der Waals surface area (Å²) in [5.74, 6) is -1.29. The molecule has 3 unspecified atom stereocenters. The zero-order chi connectivity index (χ0) is 13.1. The standard InChI is InChI=1S/C11H18N2O5/c12-9-6-17-5-8(9)11(16)13-1-2-18-7(4-13)3-10(14)15/h7-9H,1-6,12H2,(H,14,15). The van der Waals surface area contributed by atoms with Gasteiger partial charge in [-0.3, -0.25) is 9.59 Å². The molecule has 18 heavy (non-hydrogen) atoms. The predicted octanol–water partition coefficient (Wildman–Crippen LogP) is -1.34. The Bertz CT molecular complexity index is 335. The maximum atomic E-state index is 12.2. The molecule has 0 aromatic rings. The minimum absolute atomic E-state index is 0.0568. The van der Waals surface area contributed by atoms with Crippen molar-refractivity contribution < 1.29 is 24.2 Å². The van der Waals surface area contributed by atoms with Gasteiger partial charge in [-0.25, -0.2) is 0 Å². The smallest absolute Gasteiger partial charge is 0.306 e. The van der Waals surface area contributed by atoms with Crippen LogP contribution in [-0.4, -0.2) is 66.9 Å². The molecule has 3 N–H and O–H groups in total. The fraction of sp³-hybridized carbons (Fsp3) is 0.818. The van der Waals surface area contributed by atoms with Gasteiger partial charge in [0.25, 0.3) is 0 Å². The van der Waals surface area contributed by atoms with Crippen LogP contribution in [0.25, 0.3) is 0 Å². The number of rotatable bonds is 3. The number of carboxylic acids is 1. The number of nitrogens with two attached hydrogens (primary N) is 1. The van der Waals surface area contributed by atoms with E-state index in [1.165, 1.54) is 0 Å². The molecule has 0 saturated carbocycles. The average Bonchev–Trinajstić information content (AvgIpc) is 2.74. The van der Waals surface area contributed by atoms with Crippen molar-refractivity contribution in [3.8, 4) is 0 Å². The van der Waals surface area contributed by atoms with E-state index >= 15 is 0 Å². The molecule has 7 nitrogen and oxygen atoms in total. The highest BCUT2D eigenvalue weighted by Gasteiger charge is 2.36. The van der Waals surface area contributed by atoms with Crippen LogP contribution in [0.3, 0.4) is 0 Å². The summed E-state index contributed by atoms with van der Waals surface area (Å²) in [6.45, 7) is 1.92. The normalized spacial score (nSPS) is 32.5. The number of hydrogen-bond acceptors (Lipinski definition) is 5. The van der Waals surface area contributed by atoms with Gasteiger partial charge in [0.2, 0.25) is 5.91 Å². The van der Waals surface area contributed by atoms with E-state index in [1.807, 2.05) is 0 Å². The topological polar surface area (TPSA) is 102 Å². The summed E-state index contributed by atoms with van der Waals surface area (Å²) in [6, 6.07) is -0.265. The molecule has 0 aromatic carbocycles. The summed E-state index contributed by atoms with van der Waals surface area (Å²) in [6.07, 6.45) is -0.518. The quantitative estimate of drug-likeness (QED) is 0.649. The molecule has 2 rings (SSSR count). The molecular formula is C11H18N2O5. The van der Waals surface area contributed by atoms with E-state index in [1.54, 1.807) is 4.90 Å². The minimum Gasteiger partial charge on any atom is -0.481 e. The Balaban J connectivity index is 1.91. The van der Waals surface area contributed by atoms with Crippen molar-refractivity contribution >= 4 is 11.9 Å². The number of nitrogens with zero attached hydrogens (tertiary/aromatic N) is 1. The van der Waals surface area contributed by atoms with E-state index in [2.05, 4.69) is 0 Å². The molecule has 2 fully saturated rings. The van der Waals surface area contributed by atoms with Crippen molar-refractivity contribution in [3.05, 3.63) is 0 Å². The third-order valence-electron chi connectivity index (χ3n) is 3.29. The number of carbonyl (C=O) groups is 2. The summed E-state index contributed by atoms with van der Waals surface area (Å²) in [5, 5.41) is 8.72. The Morgan fingerprint density at radius 1 is 1.39 bits per heavy atom. The van der Waals surface area contributed by atoms with Crippen LogP contribution < -0.4 is 5.73 Å². The van der Waals surface area contributed by atoms with Gasteiger partial charge in [-0.15, -0.1) is 0 Å². The van der Waals surface area contributed by atoms with Gasteiger partial charge in [-0.05, 0) is 0 Å². The van der Waals surface area contributed by atoms with Crippen LogP contribution in [0, 0.1) is 5.92 Å². The lowest BCUT2D eigenvalue weighted by Crippen LogP contribution is -2.51. The fourth-order valence-electron chi connectivity index (χ4n) is 2.30. The number of aliphatic carboxylic acids is 1. The first-order chi connectivity index (χ1) is 8.58. The van der Waals surface area contributed by atoms with Gasteiger partial charge in [0.1, 0.15) is 0 Å². The van der Waals surface area contributed by atoms with Crippen LogP contribution in [0.5, 0.6) is 0 Å². The van der Waals surface area contributed by atoms with E-state index < -0.39 is 12.1 Å². The fourth-order valence-corrected chi connectivity index (χ4v) is 2.30. The molecule has 2 heterocycles. The first-order valence-corrected chi connectivity index (χ1v) is 6.03. The molecule has 0 spiro atoms. The van der Waals surface area contributed by atoms with Gasteiger partial charge in [-0.2, -0.15) is 0 Å². The van der Waals surface area contributed by atoms with Crippen LogP contribution in [0.2, 0.25) is 0 Å². The van der Waals surface area contributed by atoms with Crippen LogP contribution in [-0.2, 0) is 19.1 Å². The molecule has 2 aliphatic heterocycles. The molecule has 3 atom stereocenters. The molecular weight excluding hydrogens is 240 g/mol. The minimum atomic E-state index is -0.921. The lowest BCUT2D eigenvalue weighted by Gasteiger charge is -2.34. The Hall–Kier alpha value is -1.18. The van der Waals surface area contributed by atoms with Crippen molar-refractivity contribution in [1.29, 1.82) is 0 Å². The van der Waals surface area contributed by atoms with Crippen LogP contribution in [0.4, 0.5) is 0 Å². The van der Waals surface area contributed by atoms with Crippen LogP contribution in [0.1, 0.15) is 6.42 Å². The molecule has 0 bridgehead atoms. The first kappa shape index (κ1) is 13.3. The largest absolute Gasteiger partial charge is 0.481 e. The number of amides is 1. The predicted molar refractivity (Wildman–Crippen MR) is 60.9 cm³/mol. The Kier molecular flexibility index (Phi) is 4.15. The second-order valence-corrected chi connectivity index (χ2v) is 4.68. The van der Waals surface area contributed by atoms with Gasteiger partial charge >= 0.3 is 5.97 Å². The zero-order valence-electron chi connectivity index (χ0n) is 10.1. The molecule has 2 saturated heterocycles. The highest BCUT2D eigenvalue weighted by Crippen LogP contribution is 2.18. The molecule has 102 valence electrons. The van der Waals surface area contributed by atoms with E-state index in [-0.39, 0.29) is 24.3 Å². The van der Waals surface area contributed by atoms with Crippen molar-refractivity contribution in [3.63, 3.8) is 0 Å². The van der Waals surface area contributed by atoms with E-state index in [4.69, 9.17) is 20.3 Å². The summed E-state index contributed by atoms with van der Waals surface area (Å²) in [5.41, 5.74) is 5.80. The summed E-state index contributed by atoms with van der Waals surface area (Å²) in [4.78, 5) is 24.5. The Labute approximate surface area is 105 Å². The first-order valence-electron chi connectivity index (χ1n) is 6.03. The molecule has 0 radical (unpaired) electrons. The molecule has 0 aromatic heterocycles. The average molecular weight is 258 g/mol. The lowest BCUT2D eigenvalue weighted by molar-refractivity contribution is -0.150. The summed E-state index contributed by atoms with van der Waals surface area (Å²) >= 11 is 0. The highest BCUT2D eigenvalue weighted by atomic mass is 16.5. The molecule has 1 amide bonds. The van der Waals surface area contributed by atoms with E-state index in [0.29, 0.717) is 32.9 Å². The Morgan fingerprint density at radius 3 is 2.78 bits per heavy atom. The van der Waals surface area contributed by atoms with Gasteiger partial charge in [0, 0.05) is 19.1 Å². The molecule has 2 aliphatic rings. The summed E-state index contributed by atoms with van der Waals surface area (Å²) < 4.78 is 10.5. The second-order valence-electron chi connectivity index (χ2n) is 4.68. The number of carbonyl (C=O) groups excluding carboxylic acids is 1. The third kappa shape index (κ3) is 2.98. The van der Waals surface area contributed by atoms with Crippen molar-refractivity contribution in [2.75, 3.05) is 32.9 Å². The molecule has 0 aliphatic carbocycles. The Morgan fingerprint density at radius 2 is 2.17 bits per heavy atom. The summed E-state index contributed by atoms with van der Waals surface area (Å²) in [7, 11) is 0. The maximum absolute atomic E-state index is 12.2. The third-order valence-corrected chi connectivity index (χ3v) is 3.29. The van der Waals surface area contributed by atoms with Gasteiger partial charge in [-0.1, -0.05) is 0 Å². The van der Waals surface area contributed by atoms with Crippen LogP contribution in [0.15, 0.2) is 0 Å². The van der Waals surface area contributed by atoms with Gasteiger partial charge in [0.15, 0.2) is 0 Å². The number of ether oxygens (including phenoxy) is 2. The number of hydrogen-bond donors (Lipinski definition) is 2. The monoisotopic (exact) mass is 258 g/mol.